The van der Waals surface area contributed by atoms with Gasteiger partial charge in [0.05, 0.1) is 12.2 Å². The summed E-state index contributed by atoms with van der Waals surface area (Å²) in [6.07, 6.45) is 8.59. The highest BCUT2D eigenvalue weighted by atomic mass is 16.5. The molecule has 1 heterocycles. The van der Waals surface area contributed by atoms with Crippen molar-refractivity contribution < 1.29 is 9.84 Å². The second-order valence-corrected chi connectivity index (χ2v) is 6.51. The van der Waals surface area contributed by atoms with Gasteiger partial charge in [0, 0.05) is 0 Å². The van der Waals surface area contributed by atoms with Crippen LogP contribution in [0.25, 0.3) is 0 Å². The number of ether oxygens (including phenoxy) is 1. The van der Waals surface area contributed by atoms with Crippen molar-refractivity contribution >= 4 is 0 Å². The first-order valence-corrected chi connectivity index (χ1v) is 8.17. The normalized spacial score (nSPS) is 29.5. The Balaban J connectivity index is 1.66. The fourth-order valence-electron chi connectivity index (χ4n) is 3.68. The maximum absolute atomic E-state index is 10.4. The maximum atomic E-state index is 10.4. The zero-order chi connectivity index (χ0) is 13.9. The van der Waals surface area contributed by atoms with E-state index in [4.69, 9.17) is 4.74 Å². The summed E-state index contributed by atoms with van der Waals surface area (Å²) in [6.45, 7) is 2.08. The molecule has 3 unspecified atom stereocenters. The van der Waals surface area contributed by atoms with Crippen LogP contribution in [0.5, 0.6) is 0 Å². The standard InChI is InChI=1S/C18H26O2/c1-13-7-12-17(20-13)18(19)16-10-8-15(9-11-16)14-5-3-2-4-6-14/h8-11,13-14,17-19H,2-7,12H2,1H3. The maximum Gasteiger partial charge on any atom is 0.105 e. The molecule has 1 N–H and O–H groups in total. The van der Waals surface area contributed by atoms with Gasteiger partial charge in [0.2, 0.25) is 0 Å². The van der Waals surface area contributed by atoms with Crippen LogP contribution in [0.3, 0.4) is 0 Å². The van der Waals surface area contributed by atoms with Crippen molar-refractivity contribution in [1.29, 1.82) is 0 Å². The molecule has 1 aliphatic carbocycles. The molecule has 3 rings (SSSR count). The molecule has 1 aromatic carbocycles. The van der Waals surface area contributed by atoms with Gasteiger partial charge in [-0.05, 0) is 49.7 Å². The molecule has 2 nitrogen and oxygen atoms in total. The zero-order valence-corrected chi connectivity index (χ0v) is 12.4. The lowest BCUT2D eigenvalue weighted by atomic mass is 9.83. The van der Waals surface area contributed by atoms with Crippen molar-refractivity contribution in [1.82, 2.24) is 0 Å². The fourth-order valence-corrected chi connectivity index (χ4v) is 3.68. The van der Waals surface area contributed by atoms with Crippen LogP contribution in [0, 0.1) is 0 Å². The zero-order valence-electron chi connectivity index (χ0n) is 12.4. The number of hydrogen-bond donors (Lipinski definition) is 1. The van der Waals surface area contributed by atoms with E-state index in [1.165, 1.54) is 37.7 Å². The molecule has 0 radical (unpaired) electrons. The molecule has 20 heavy (non-hydrogen) atoms. The molecule has 3 atom stereocenters. The number of hydrogen-bond acceptors (Lipinski definition) is 2. The highest BCUT2D eigenvalue weighted by Gasteiger charge is 2.29. The van der Waals surface area contributed by atoms with Crippen LogP contribution in [0.15, 0.2) is 24.3 Å². The molecule has 1 saturated carbocycles. The molecule has 2 aliphatic rings. The second kappa shape index (κ2) is 6.28. The third-order valence-electron chi connectivity index (χ3n) is 4.97. The van der Waals surface area contributed by atoms with Gasteiger partial charge in [-0.3, -0.25) is 0 Å². The topological polar surface area (TPSA) is 29.5 Å². The van der Waals surface area contributed by atoms with E-state index in [-0.39, 0.29) is 12.2 Å². The summed E-state index contributed by atoms with van der Waals surface area (Å²) in [5.74, 6) is 0.734. The van der Waals surface area contributed by atoms with Gasteiger partial charge in [0.1, 0.15) is 6.10 Å². The lowest BCUT2D eigenvalue weighted by molar-refractivity contribution is -0.0297. The van der Waals surface area contributed by atoms with Crippen LogP contribution in [-0.2, 0) is 4.74 Å². The molecular formula is C18H26O2. The van der Waals surface area contributed by atoms with E-state index in [0.717, 1.165) is 24.3 Å². The predicted octanol–water partition coefficient (Wildman–Crippen LogP) is 4.34. The predicted molar refractivity (Wildman–Crippen MR) is 80.8 cm³/mol. The van der Waals surface area contributed by atoms with E-state index in [1.54, 1.807) is 0 Å². The van der Waals surface area contributed by atoms with Crippen LogP contribution in [-0.4, -0.2) is 17.3 Å². The van der Waals surface area contributed by atoms with Gasteiger partial charge in [-0.15, -0.1) is 0 Å². The van der Waals surface area contributed by atoms with E-state index in [9.17, 15) is 5.11 Å². The number of aliphatic hydroxyl groups is 1. The molecule has 1 aromatic rings. The van der Waals surface area contributed by atoms with Gasteiger partial charge in [0.25, 0.3) is 0 Å². The third-order valence-corrected chi connectivity index (χ3v) is 4.97. The molecule has 2 heteroatoms. The minimum atomic E-state index is -0.472. The summed E-state index contributed by atoms with van der Waals surface area (Å²) < 4.78 is 5.77. The quantitative estimate of drug-likeness (QED) is 0.888. The highest BCUT2D eigenvalue weighted by Crippen LogP contribution is 2.34. The second-order valence-electron chi connectivity index (χ2n) is 6.51. The Morgan fingerprint density at radius 1 is 1.00 bits per heavy atom. The molecule has 110 valence electrons. The summed E-state index contributed by atoms with van der Waals surface area (Å²) in [5, 5.41) is 10.4. The van der Waals surface area contributed by atoms with Crippen molar-refractivity contribution in [2.45, 2.75) is 76.1 Å². The Labute approximate surface area is 122 Å². The number of aliphatic hydroxyl groups excluding tert-OH is 1. The largest absolute Gasteiger partial charge is 0.386 e. The van der Waals surface area contributed by atoms with E-state index in [1.807, 2.05) is 0 Å². The molecule has 0 aromatic heterocycles. The van der Waals surface area contributed by atoms with Crippen LogP contribution in [0.4, 0.5) is 0 Å². The smallest absolute Gasteiger partial charge is 0.105 e. The lowest BCUT2D eigenvalue weighted by Crippen LogP contribution is -2.18. The SMILES string of the molecule is CC1CCC(C(O)c2ccc(C3CCCCC3)cc2)O1. The molecule has 1 aliphatic heterocycles. The Morgan fingerprint density at radius 3 is 2.30 bits per heavy atom. The number of benzene rings is 1. The average Bonchev–Trinajstić information content (AvgIpc) is 2.94. The van der Waals surface area contributed by atoms with Gasteiger partial charge in [-0.2, -0.15) is 0 Å². The molecule has 0 bridgehead atoms. The molecule has 1 saturated heterocycles. The van der Waals surface area contributed by atoms with Gasteiger partial charge < -0.3 is 9.84 Å². The van der Waals surface area contributed by atoms with Crippen LogP contribution in [0.2, 0.25) is 0 Å². The average molecular weight is 274 g/mol. The van der Waals surface area contributed by atoms with Gasteiger partial charge in [0.15, 0.2) is 0 Å². The minimum Gasteiger partial charge on any atom is -0.386 e. The van der Waals surface area contributed by atoms with E-state index in [0.29, 0.717) is 0 Å². The summed E-state index contributed by atoms with van der Waals surface area (Å²) in [6, 6.07) is 8.63. The summed E-state index contributed by atoms with van der Waals surface area (Å²) in [5.41, 5.74) is 2.45. The Bertz CT molecular complexity index is 420. The molecule has 2 fully saturated rings. The van der Waals surface area contributed by atoms with E-state index >= 15 is 0 Å². The summed E-state index contributed by atoms with van der Waals surface area (Å²) in [4.78, 5) is 0. The highest BCUT2D eigenvalue weighted by molar-refractivity contribution is 5.27. The Hall–Kier alpha value is -0.860. The third kappa shape index (κ3) is 3.07. The molecular weight excluding hydrogens is 248 g/mol. The van der Waals surface area contributed by atoms with Gasteiger partial charge >= 0.3 is 0 Å². The first-order chi connectivity index (χ1) is 9.74. The van der Waals surface area contributed by atoms with E-state index in [2.05, 4.69) is 31.2 Å². The monoisotopic (exact) mass is 274 g/mol. The van der Waals surface area contributed by atoms with Crippen molar-refractivity contribution in [2.24, 2.45) is 0 Å². The van der Waals surface area contributed by atoms with Crippen LogP contribution < -0.4 is 0 Å². The van der Waals surface area contributed by atoms with Crippen molar-refractivity contribution in [3.8, 4) is 0 Å². The Kier molecular flexibility index (Phi) is 4.42. The van der Waals surface area contributed by atoms with Crippen molar-refractivity contribution in [3.05, 3.63) is 35.4 Å². The van der Waals surface area contributed by atoms with Gasteiger partial charge in [-0.25, -0.2) is 0 Å². The van der Waals surface area contributed by atoms with Crippen LogP contribution >= 0.6 is 0 Å². The van der Waals surface area contributed by atoms with Crippen molar-refractivity contribution in [3.63, 3.8) is 0 Å². The first kappa shape index (κ1) is 14.1. The van der Waals surface area contributed by atoms with Crippen molar-refractivity contribution in [2.75, 3.05) is 0 Å². The summed E-state index contributed by atoms with van der Waals surface area (Å²) >= 11 is 0. The van der Waals surface area contributed by atoms with E-state index < -0.39 is 6.10 Å². The molecule has 0 amide bonds. The lowest BCUT2D eigenvalue weighted by Gasteiger charge is -2.23. The minimum absolute atomic E-state index is 0.0227. The fraction of sp³-hybridized carbons (Fsp3) is 0.667. The van der Waals surface area contributed by atoms with Gasteiger partial charge in [-0.1, -0.05) is 43.5 Å². The van der Waals surface area contributed by atoms with Crippen LogP contribution in [0.1, 0.15) is 75.0 Å². The number of rotatable bonds is 3. The summed E-state index contributed by atoms with van der Waals surface area (Å²) in [7, 11) is 0. The Morgan fingerprint density at radius 2 is 1.70 bits per heavy atom. The first-order valence-electron chi connectivity index (χ1n) is 8.17. The molecule has 0 spiro atoms.